The number of carbonyl (C=O) groups is 1. The monoisotopic (exact) mass is 450 g/mol. The van der Waals surface area contributed by atoms with Crippen molar-refractivity contribution in [3.8, 4) is 0 Å². The van der Waals surface area contributed by atoms with Crippen LogP contribution in [0.3, 0.4) is 0 Å². The van der Waals surface area contributed by atoms with Crippen molar-refractivity contribution in [3.05, 3.63) is 47.1 Å². The maximum absolute atomic E-state index is 12.4. The number of urea groups is 1. The minimum atomic E-state index is -0.0127. The van der Waals surface area contributed by atoms with E-state index in [2.05, 4.69) is 43.8 Å². The van der Waals surface area contributed by atoms with E-state index in [9.17, 15) is 4.79 Å². The average Bonchev–Trinajstić information content (AvgIpc) is 3.40. The summed E-state index contributed by atoms with van der Waals surface area (Å²) < 4.78 is 1.16. The molecule has 1 aromatic carbocycles. The molecule has 2 amide bonds. The largest absolute Gasteiger partial charge is 0.340 e. The molecule has 2 N–H and O–H groups in total. The van der Waals surface area contributed by atoms with E-state index in [0.29, 0.717) is 6.54 Å². The van der Waals surface area contributed by atoms with Crippen LogP contribution in [0.25, 0.3) is 26.0 Å². The van der Waals surface area contributed by atoms with Crippen LogP contribution < -0.4 is 10.6 Å². The quantitative estimate of drug-likeness (QED) is 0.444. The SMILES string of the molecule is CC(C)NC(=O)N1CCC=C(c2cc3c(Nc4ccc5scnc5c4)ncnc3s2)C1. The predicted molar refractivity (Wildman–Crippen MR) is 128 cm³/mol. The molecule has 4 heterocycles. The zero-order valence-corrected chi connectivity index (χ0v) is 18.9. The van der Waals surface area contributed by atoms with E-state index in [1.54, 1.807) is 29.0 Å². The minimum absolute atomic E-state index is 0.0127. The second kappa shape index (κ2) is 8.24. The Labute approximate surface area is 187 Å². The van der Waals surface area contributed by atoms with Crippen LogP contribution in [0.15, 0.2) is 42.2 Å². The molecule has 5 rings (SSSR count). The third-order valence-corrected chi connectivity index (χ3v) is 7.02. The number of fused-ring (bicyclic) bond motifs is 2. The number of rotatable bonds is 4. The fraction of sp³-hybridized carbons (Fsp3) is 0.273. The molecule has 0 saturated carbocycles. The number of benzene rings is 1. The van der Waals surface area contributed by atoms with Gasteiger partial charge in [0.1, 0.15) is 17.0 Å². The Hall–Kier alpha value is -3.04. The molecule has 7 nitrogen and oxygen atoms in total. The number of nitrogens with one attached hydrogen (secondary N) is 2. The summed E-state index contributed by atoms with van der Waals surface area (Å²) in [6, 6.07) is 8.37. The Morgan fingerprint density at radius 2 is 2.10 bits per heavy atom. The lowest BCUT2D eigenvalue weighted by atomic mass is 10.1. The highest BCUT2D eigenvalue weighted by Gasteiger charge is 2.21. The van der Waals surface area contributed by atoms with Crippen LogP contribution in [0.1, 0.15) is 25.1 Å². The predicted octanol–water partition coefficient (Wildman–Crippen LogP) is 5.25. The van der Waals surface area contributed by atoms with Gasteiger partial charge in [0.15, 0.2) is 0 Å². The lowest BCUT2D eigenvalue weighted by Gasteiger charge is -2.28. The molecule has 0 bridgehead atoms. The molecular formula is C22H22N6OS2. The minimum Gasteiger partial charge on any atom is -0.340 e. The molecule has 0 atom stereocenters. The number of nitrogens with zero attached hydrogens (tertiary/aromatic N) is 4. The molecule has 1 aliphatic rings. The summed E-state index contributed by atoms with van der Waals surface area (Å²) in [5.74, 6) is 0.771. The maximum atomic E-state index is 12.4. The number of thiophene rings is 1. The summed E-state index contributed by atoms with van der Waals surface area (Å²) in [6.07, 6.45) is 4.66. The summed E-state index contributed by atoms with van der Waals surface area (Å²) in [6.45, 7) is 5.29. The van der Waals surface area contributed by atoms with Gasteiger partial charge in [-0.05, 0) is 50.1 Å². The average molecular weight is 451 g/mol. The number of amides is 2. The third-order valence-electron chi connectivity index (χ3n) is 5.09. The van der Waals surface area contributed by atoms with E-state index in [0.717, 1.165) is 55.4 Å². The molecule has 4 aromatic rings. The van der Waals surface area contributed by atoms with Crippen LogP contribution in [0.2, 0.25) is 0 Å². The Morgan fingerprint density at radius 1 is 1.19 bits per heavy atom. The molecule has 3 aromatic heterocycles. The molecule has 158 valence electrons. The van der Waals surface area contributed by atoms with Crippen molar-refractivity contribution >= 4 is 66.2 Å². The van der Waals surface area contributed by atoms with Crippen LogP contribution in [0.4, 0.5) is 16.3 Å². The van der Waals surface area contributed by atoms with E-state index in [1.807, 2.05) is 36.4 Å². The Morgan fingerprint density at radius 3 is 2.97 bits per heavy atom. The van der Waals surface area contributed by atoms with Crippen LogP contribution in [0.5, 0.6) is 0 Å². The van der Waals surface area contributed by atoms with Crippen molar-refractivity contribution < 1.29 is 4.79 Å². The van der Waals surface area contributed by atoms with Crippen molar-refractivity contribution in [3.63, 3.8) is 0 Å². The smallest absolute Gasteiger partial charge is 0.317 e. The van der Waals surface area contributed by atoms with Crippen molar-refractivity contribution in [2.24, 2.45) is 0 Å². The van der Waals surface area contributed by atoms with E-state index in [1.165, 1.54) is 0 Å². The van der Waals surface area contributed by atoms with Gasteiger partial charge in [0.05, 0.1) is 21.1 Å². The molecule has 0 radical (unpaired) electrons. The fourth-order valence-corrected chi connectivity index (χ4v) is 5.31. The molecule has 31 heavy (non-hydrogen) atoms. The molecule has 0 fully saturated rings. The van der Waals surface area contributed by atoms with Gasteiger partial charge < -0.3 is 15.5 Å². The normalized spacial score (nSPS) is 14.3. The first-order valence-corrected chi connectivity index (χ1v) is 11.9. The van der Waals surface area contributed by atoms with Crippen molar-refractivity contribution in [1.29, 1.82) is 0 Å². The number of hydrogen-bond acceptors (Lipinski definition) is 7. The molecule has 0 unspecified atom stereocenters. The van der Waals surface area contributed by atoms with Gasteiger partial charge in [0.25, 0.3) is 0 Å². The Balaban J connectivity index is 1.41. The second-order valence-electron chi connectivity index (χ2n) is 7.76. The second-order valence-corrected chi connectivity index (χ2v) is 9.67. The Kier molecular flexibility index (Phi) is 5.29. The zero-order chi connectivity index (χ0) is 21.4. The van der Waals surface area contributed by atoms with E-state index in [4.69, 9.17) is 0 Å². The van der Waals surface area contributed by atoms with Crippen molar-refractivity contribution in [2.45, 2.75) is 26.3 Å². The fourth-order valence-electron chi connectivity index (χ4n) is 3.62. The summed E-state index contributed by atoms with van der Waals surface area (Å²) in [4.78, 5) is 29.7. The highest BCUT2D eigenvalue weighted by molar-refractivity contribution is 7.19. The van der Waals surface area contributed by atoms with Gasteiger partial charge >= 0.3 is 6.03 Å². The van der Waals surface area contributed by atoms with Gasteiger partial charge in [-0.2, -0.15) is 0 Å². The molecule has 0 saturated heterocycles. The lowest BCUT2D eigenvalue weighted by Crippen LogP contribution is -2.45. The number of anilines is 2. The van der Waals surface area contributed by atoms with Gasteiger partial charge in [0.2, 0.25) is 0 Å². The number of hydrogen-bond donors (Lipinski definition) is 2. The van der Waals surface area contributed by atoms with Gasteiger partial charge in [-0.3, -0.25) is 0 Å². The molecule has 9 heteroatoms. The summed E-state index contributed by atoms with van der Waals surface area (Å²) in [5, 5.41) is 7.38. The zero-order valence-electron chi connectivity index (χ0n) is 17.3. The van der Waals surface area contributed by atoms with Crippen LogP contribution in [0, 0.1) is 0 Å². The first kappa shape index (κ1) is 19.9. The maximum Gasteiger partial charge on any atom is 0.317 e. The number of thiazole rings is 1. The van der Waals surface area contributed by atoms with E-state index in [-0.39, 0.29) is 12.1 Å². The summed E-state index contributed by atoms with van der Waals surface area (Å²) in [7, 11) is 0. The molecule has 0 spiro atoms. The van der Waals surface area contributed by atoms with Crippen LogP contribution >= 0.6 is 22.7 Å². The molecule has 1 aliphatic heterocycles. The Bertz CT molecular complexity index is 1290. The number of carbonyl (C=O) groups excluding carboxylic acids is 1. The van der Waals surface area contributed by atoms with Crippen molar-refractivity contribution in [2.75, 3.05) is 18.4 Å². The standard InChI is InChI=1S/C22H22N6OS2/c1-13(2)26-22(29)28-7-3-4-14(10-28)19-9-16-20(23-11-24-21(16)31-19)27-15-5-6-18-17(8-15)25-12-30-18/h4-6,8-9,11-13H,3,7,10H2,1-2H3,(H,26,29)(H,23,24,27). The van der Waals surface area contributed by atoms with Crippen molar-refractivity contribution in [1.82, 2.24) is 25.2 Å². The highest BCUT2D eigenvalue weighted by atomic mass is 32.1. The van der Waals surface area contributed by atoms with Crippen LogP contribution in [-0.4, -0.2) is 45.0 Å². The first-order chi connectivity index (χ1) is 15.1. The van der Waals surface area contributed by atoms with Gasteiger partial charge in [-0.1, -0.05) is 6.08 Å². The molecule has 0 aliphatic carbocycles. The van der Waals surface area contributed by atoms with E-state index < -0.39 is 0 Å². The first-order valence-electron chi connectivity index (χ1n) is 10.2. The molecular weight excluding hydrogens is 428 g/mol. The lowest BCUT2D eigenvalue weighted by molar-refractivity contribution is 0.201. The van der Waals surface area contributed by atoms with Gasteiger partial charge in [-0.15, -0.1) is 22.7 Å². The third kappa shape index (κ3) is 4.11. The van der Waals surface area contributed by atoms with Crippen LogP contribution in [-0.2, 0) is 0 Å². The topological polar surface area (TPSA) is 83.0 Å². The summed E-state index contributed by atoms with van der Waals surface area (Å²) in [5.41, 5.74) is 4.92. The van der Waals surface area contributed by atoms with E-state index >= 15 is 0 Å². The van der Waals surface area contributed by atoms with Gasteiger partial charge in [-0.25, -0.2) is 19.7 Å². The van der Waals surface area contributed by atoms with Gasteiger partial charge in [0, 0.05) is 29.7 Å². The summed E-state index contributed by atoms with van der Waals surface area (Å²) >= 11 is 3.26. The number of aromatic nitrogens is 3. The highest BCUT2D eigenvalue weighted by Crippen LogP contribution is 2.35.